The maximum absolute atomic E-state index is 13.7. The van der Waals surface area contributed by atoms with Gasteiger partial charge in [-0.25, -0.2) is 13.8 Å². The van der Waals surface area contributed by atoms with Crippen LogP contribution in [0.1, 0.15) is 21.6 Å². The molecule has 20 heavy (non-hydrogen) atoms. The molecule has 2 aromatic rings. The normalized spacial score (nSPS) is 10.4. The molecular weight excluding hydrogens is 330 g/mol. The van der Waals surface area contributed by atoms with Gasteiger partial charge in [0.1, 0.15) is 23.0 Å². The number of pyridine rings is 1. The van der Waals surface area contributed by atoms with Crippen molar-refractivity contribution in [1.82, 2.24) is 4.98 Å². The summed E-state index contributed by atoms with van der Waals surface area (Å²) < 4.78 is 27.6. The molecule has 0 atom stereocenters. The van der Waals surface area contributed by atoms with Gasteiger partial charge >= 0.3 is 0 Å². The average molecular weight is 341 g/mol. The van der Waals surface area contributed by atoms with E-state index in [0.717, 1.165) is 17.7 Å². The third-order valence-corrected chi connectivity index (χ3v) is 3.03. The van der Waals surface area contributed by atoms with Gasteiger partial charge in [-0.2, -0.15) is 0 Å². The Morgan fingerprint density at radius 1 is 1.15 bits per heavy atom. The number of carbonyl (C=O) groups is 1. The van der Waals surface area contributed by atoms with Gasteiger partial charge in [-0.1, -0.05) is 15.9 Å². The van der Waals surface area contributed by atoms with Crippen LogP contribution in [0.2, 0.25) is 0 Å². The third kappa shape index (κ3) is 3.19. The Hall–Kier alpha value is -1.82. The molecule has 1 aromatic carbocycles. The van der Waals surface area contributed by atoms with Crippen LogP contribution in [-0.2, 0) is 0 Å². The lowest BCUT2D eigenvalue weighted by Crippen LogP contribution is -2.17. The molecule has 3 nitrogen and oxygen atoms in total. The first-order valence-electron chi connectivity index (χ1n) is 5.78. The Bertz CT molecular complexity index is 646. The Morgan fingerprint density at radius 3 is 2.30 bits per heavy atom. The van der Waals surface area contributed by atoms with Crippen LogP contribution in [0.4, 0.5) is 14.6 Å². The van der Waals surface area contributed by atoms with Gasteiger partial charge in [-0.3, -0.25) is 4.79 Å². The average Bonchev–Trinajstić information content (AvgIpc) is 2.25. The van der Waals surface area contributed by atoms with E-state index in [1.165, 1.54) is 0 Å². The van der Waals surface area contributed by atoms with Gasteiger partial charge in [0.05, 0.1) is 0 Å². The van der Waals surface area contributed by atoms with Gasteiger partial charge in [0.15, 0.2) is 0 Å². The second kappa shape index (κ2) is 5.66. The topological polar surface area (TPSA) is 42.0 Å². The molecule has 0 saturated heterocycles. The molecule has 0 fully saturated rings. The highest BCUT2D eigenvalue weighted by molar-refractivity contribution is 9.10. The number of hydrogen-bond acceptors (Lipinski definition) is 2. The zero-order valence-electron chi connectivity index (χ0n) is 10.8. The highest BCUT2D eigenvalue weighted by Gasteiger charge is 2.19. The van der Waals surface area contributed by atoms with Crippen molar-refractivity contribution < 1.29 is 13.6 Å². The van der Waals surface area contributed by atoms with Gasteiger partial charge in [-0.15, -0.1) is 0 Å². The summed E-state index contributed by atoms with van der Waals surface area (Å²) in [6.45, 7) is 3.61. The molecule has 1 heterocycles. The third-order valence-electron chi connectivity index (χ3n) is 2.57. The second-order valence-electron chi connectivity index (χ2n) is 4.37. The molecule has 0 spiro atoms. The van der Waals surface area contributed by atoms with Crippen molar-refractivity contribution in [2.75, 3.05) is 5.32 Å². The summed E-state index contributed by atoms with van der Waals surface area (Å²) in [5.41, 5.74) is 0.968. The molecule has 1 amide bonds. The minimum atomic E-state index is -0.932. The number of aromatic nitrogens is 1. The first-order chi connectivity index (χ1) is 9.36. The van der Waals surface area contributed by atoms with E-state index >= 15 is 0 Å². The zero-order chi connectivity index (χ0) is 14.9. The Labute approximate surface area is 123 Å². The summed E-state index contributed by atoms with van der Waals surface area (Å²) in [4.78, 5) is 16.0. The monoisotopic (exact) mass is 340 g/mol. The molecule has 104 valence electrons. The number of nitrogens with zero attached hydrogens (tertiary/aromatic N) is 1. The van der Waals surface area contributed by atoms with Gasteiger partial charge < -0.3 is 5.32 Å². The quantitative estimate of drug-likeness (QED) is 0.897. The minimum absolute atomic E-state index is 0.230. The van der Waals surface area contributed by atoms with Gasteiger partial charge in [0.2, 0.25) is 0 Å². The minimum Gasteiger partial charge on any atom is -0.306 e. The van der Waals surface area contributed by atoms with E-state index in [0.29, 0.717) is 5.69 Å². The van der Waals surface area contributed by atoms with E-state index in [1.54, 1.807) is 13.0 Å². The van der Waals surface area contributed by atoms with Gasteiger partial charge in [0, 0.05) is 10.2 Å². The first kappa shape index (κ1) is 14.6. The standard InChI is InChI=1S/C14H11BrF2N2O/c1-7-3-8(2)18-12(4-7)19-14(20)13-10(16)5-9(15)6-11(13)17/h3-6H,1-2H3,(H,18,19,20). The van der Waals surface area contributed by atoms with Crippen molar-refractivity contribution in [3.63, 3.8) is 0 Å². The summed E-state index contributed by atoms with van der Waals surface area (Å²) in [6, 6.07) is 5.52. The fraction of sp³-hybridized carbons (Fsp3) is 0.143. The van der Waals surface area contributed by atoms with Crippen molar-refractivity contribution in [3.8, 4) is 0 Å². The number of anilines is 1. The Balaban J connectivity index is 2.33. The van der Waals surface area contributed by atoms with E-state index in [4.69, 9.17) is 0 Å². The van der Waals surface area contributed by atoms with Crippen LogP contribution in [0.25, 0.3) is 0 Å². The van der Waals surface area contributed by atoms with Crippen LogP contribution in [0, 0.1) is 25.5 Å². The van der Waals surface area contributed by atoms with Crippen LogP contribution in [0.3, 0.4) is 0 Å². The SMILES string of the molecule is Cc1cc(C)nc(NC(=O)c2c(F)cc(Br)cc2F)c1. The van der Waals surface area contributed by atoms with E-state index in [1.807, 2.05) is 13.0 Å². The maximum atomic E-state index is 13.7. The van der Waals surface area contributed by atoms with Gasteiger partial charge in [-0.05, 0) is 43.7 Å². The molecule has 1 N–H and O–H groups in total. The highest BCUT2D eigenvalue weighted by Crippen LogP contribution is 2.20. The lowest BCUT2D eigenvalue weighted by atomic mass is 10.2. The number of carbonyl (C=O) groups excluding carboxylic acids is 1. The molecule has 0 bridgehead atoms. The van der Waals surface area contributed by atoms with Crippen molar-refractivity contribution in [2.24, 2.45) is 0 Å². The predicted molar refractivity (Wildman–Crippen MR) is 75.7 cm³/mol. The molecule has 1 aromatic heterocycles. The van der Waals surface area contributed by atoms with E-state index in [-0.39, 0.29) is 10.3 Å². The zero-order valence-corrected chi connectivity index (χ0v) is 12.4. The number of halogens is 3. The van der Waals surface area contributed by atoms with Crippen molar-refractivity contribution in [1.29, 1.82) is 0 Å². The molecule has 0 aliphatic heterocycles. The lowest BCUT2D eigenvalue weighted by Gasteiger charge is -2.08. The molecule has 0 aliphatic carbocycles. The number of benzene rings is 1. The summed E-state index contributed by atoms with van der Waals surface area (Å²) in [7, 11) is 0. The van der Waals surface area contributed by atoms with Crippen LogP contribution in [-0.4, -0.2) is 10.9 Å². The number of nitrogens with one attached hydrogen (secondary N) is 1. The summed E-state index contributed by atoms with van der Waals surface area (Å²) in [5, 5.41) is 2.40. The van der Waals surface area contributed by atoms with Crippen LogP contribution < -0.4 is 5.32 Å². The molecule has 0 unspecified atom stereocenters. The van der Waals surface area contributed by atoms with Crippen LogP contribution in [0.5, 0.6) is 0 Å². The van der Waals surface area contributed by atoms with E-state index < -0.39 is 23.1 Å². The number of amides is 1. The molecule has 0 saturated carbocycles. The van der Waals surface area contributed by atoms with Gasteiger partial charge in [0.25, 0.3) is 5.91 Å². The second-order valence-corrected chi connectivity index (χ2v) is 5.29. The molecule has 6 heteroatoms. The fourth-order valence-electron chi connectivity index (χ4n) is 1.84. The van der Waals surface area contributed by atoms with Crippen molar-refractivity contribution in [3.05, 3.63) is 57.2 Å². The number of rotatable bonds is 2. The van der Waals surface area contributed by atoms with Crippen LogP contribution in [0.15, 0.2) is 28.7 Å². The van der Waals surface area contributed by atoms with E-state index in [2.05, 4.69) is 26.2 Å². The number of hydrogen-bond donors (Lipinski definition) is 1. The first-order valence-corrected chi connectivity index (χ1v) is 6.57. The lowest BCUT2D eigenvalue weighted by molar-refractivity contribution is 0.101. The maximum Gasteiger partial charge on any atom is 0.262 e. The summed E-state index contributed by atoms with van der Waals surface area (Å²) >= 11 is 2.96. The van der Waals surface area contributed by atoms with E-state index in [9.17, 15) is 13.6 Å². The Morgan fingerprint density at radius 2 is 1.75 bits per heavy atom. The molecule has 0 radical (unpaired) electrons. The molecule has 2 rings (SSSR count). The van der Waals surface area contributed by atoms with Crippen molar-refractivity contribution in [2.45, 2.75) is 13.8 Å². The summed E-state index contributed by atoms with van der Waals surface area (Å²) in [5.74, 6) is -2.48. The fourth-order valence-corrected chi connectivity index (χ4v) is 2.25. The molecule has 0 aliphatic rings. The highest BCUT2D eigenvalue weighted by atomic mass is 79.9. The van der Waals surface area contributed by atoms with Crippen molar-refractivity contribution >= 4 is 27.7 Å². The Kier molecular flexibility index (Phi) is 4.13. The summed E-state index contributed by atoms with van der Waals surface area (Å²) in [6.07, 6.45) is 0. The smallest absolute Gasteiger partial charge is 0.262 e. The number of aryl methyl sites for hydroxylation is 2. The van der Waals surface area contributed by atoms with Crippen LogP contribution >= 0.6 is 15.9 Å². The largest absolute Gasteiger partial charge is 0.306 e. The predicted octanol–water partition coefficient (Wildman–Crippen LogP) is 3.99. The molecular formula is C14H11BrF2N2O.